The van der Waals surface area contributed by atoms with Gasteiger partial charge in [0.15, 0.2) is 0 Å². The van der Waals surface area contributed by atoms with Crippen molar-refractivity contribution in [2.45, 2.75) is 24.4 Å². The molecule has 0 bridgehead atoms. The first-order valence-electron chi connectivity index (χ1n) is 6.24. The van der Waals surface area contributed by atoms with Crippen LogP contribution in [0.15, 0.2) is 18.2 Å². The summed E-state index contributed by atoms with van der Waals surface area (Å²) in [6.07, 6.45) is 2.62. The number of methoxy groups -OCH3 is 1. The van der Waals surface area contributed by atoms with Gasteiger partial charge in [-0.25, -0.2) is 0 Å². The lowest BCUT2D eigenvalue weighted by Crippen LogP contribution is -2.31. The molecule has 0 aromatic heterocycles. The zero-order valence-electron chi connectivity index (χ0n) is 10.5. The van der Waals surface area contributed by atoms with Crippen LogP contribution in [0.2, 0.25) is 0 Å². The third-order valence-corrected chi connectivity index (χ3v) is 3.98. The molecular formula is C14H19NO2. The molecule has 1 saturated carbocycles. The van der Waals surface area contributed by atoms with Crippen molar-refractivity contribution in [3.8, 4) is 5.75 Å². The second-order valence-electron chi connectivity index (χ2n) is 5.06. The van der Waals surface area contributed by atoms with Crippen LogP contribution in [-0.2, 0) is 10.2 Å². The quantitative estimate of drug-likeness (QED) is 0.866. The Morgan fingerprint density at radius 2 is 2.29 bits per heavy atom. The van der Waals surface area contributed by atoms with Gasteiger partial charge in [-0.2, -0.15) is 0 Å². The van der Waals surface area contributed by atoms with E-state index in [1.807, 2.05) is 13.1 Å². The van der Waals surface area contributed by atoms with Gasteiger partial charge in [0.1, 0.15) is 5.75 Å². The molecule has 1 fully saturated rings. The summed E-state index contributed by atoms with van der Waals surface area (Å²) in [5.74, 6) is 0.966. The predicted molar refractivity (Wildman–Crippen MR) is 66.5 cm³/mol. The SMILES string of the molecule is CNCC1OCC2(CC2)c2cccc(OC)c21. The van der Waals surface area contributed by atoms with Crippen molar-refractivity contribution in [3.05, 3.63) is 29.3 Å². The number of hydrogen-bond donors (Lipinski definition) is 1. The monoisotopic (exact) mass is 233 g/mol. The molecule has 17 heavy (non-hydrogen) atoms. The van der Waals surface area contributed by atoms with Crippen LogP contribution >= 0.6 is 0 Å². The Morgan fingerprint density at radius 3 is 2.94 bits per heavy atom. The molecule has 1 spiro atoms. The molecule has 1 aliphatic heterocycles. The van der Waals surface area contributed by atoms with Crippen molar-refractivity contribution in [3.63, 3.8) is 0 Å². The highest BCUT2D eigenvalue weighted by molar-refractivity contribution is 5.49. The molecule has 1 atom stereocenters. The Hall–Kier alpha value is -1.06. The van der Waals surface area contributed by atoms with Gasteiger partial charge in [0.2, 0.25) is 0 Å². The minimum Gasteiger partial charge on any atom is -0.496 e. The van der Waals surface area contributed by atoms with E-state index in [0.29, 0.717) is 5.41 Å². The van der Waals surface area contributed by atoms with E-state index in [-0.39, 0.29) is 6.10 Å². The largest absolute Gasteiger partial charge is 0.496 e. The molecule has 0 radical (unpaired) electrons. The van der Waals surface area contributed by atoms with Gasteiger partial charge >= 0.3 is 0 Å². The number of nitrogens with one attached hydrogen (secondary N) is 1. The van der Waals surface area contributed by atoms with Gasteiger partial charge in [-0.3, -0.25) is 0 Å². The molecule has 1 heterocycles. The Bertz CT molecular complexity index is 426. The number of likely N-dealkylation sites (N-methyl/N-ethyl adjacent to an activating group) is 1. The van der Waals surface area contributed by atoms with Gasteiger partial charge < -0.3 is 14.8 Å². The van der Waals surface area contributed by atoms with Crippen LogP contribution < -0.4 is 10.1 Å². The first-order chi connectivity index (χ1) is 8.30. The molecule has 2 aliphatic rings. The van der Waals surface area contributed by atoms with Gasteiger partial charge in [0.05, 0.1) is 19.8 Å². The summed E-state index contributed by atoms with van der Waals surface area (Å²) in [6, 6.07) is 6.38. The first kappa shape index (κ1) is 11.1. The molecule has 3 heteroatoms. The maximum atomic E-state index is 6.02. The van der Waals surface area contributed by atoms with Crippen molar-refractivity contribution < 1.29 is 9.47 Å². The maximum Gasteiger partial charge on any atom is 0.125 e. The van der Waals surface area contributed by atoms with Crippen LogP contribution in [-0.4, -0.2) is 27.3 Å². The highest BCUT2D eigenvalue weighted by Crippen LogP contribution is 2.55. The standard InChI is InChI=1S/C14H19NO2/c1-15-8-12-13-10(4-3-5-11(13)16-2)14(6-7-14)9-17-12/h3-5,12,15H,6-9H2,1-2H3. The summed E-state index contributed by atoms with van der Waals surface area (Å²) >= 11 is 0. The number of ether oxygens (including phenoxy) is 2. The third kappa shape index (κ3) is 1.65. The lowest BCUT2D eigenvalue weighted by molar-refractivity contribution is 0.0214. The minimum atomic E-state index is 0.123. The molecule has 3 nitrogen and oxygen atoms in total. The van der Waals surface area contributed by atoms with E-state index in [4.69, 9.17) is 9.47 Å². The van der Waals surface area contributed by atoms with E-state index < -0.39 is 0 Å². The predicted octanol–water partition coefficient (Wildman–Crippen LogP) is 2.02. The third-order valence-electron chi connectivity index (χ3n) is 3.98. The van der Waals surface area contributed by atoms with E-state index in [1.165, 1.54) is 24.0 Å². The molecule has 1 aromatic rings. The number of rotatable bonds is 3. The molecule has 1 aliphatic carbocycles. The second kappa shape index (κ2) is 4.00. The van der Waals surface area contributed by atoms with E-state index in [2.05, 4.69) is 17.4 Å². The molecule has 0 amide bonds. The highest BCUT2D eigenvalue weighted by atomic mass is 16.5. The van der Waals surface area contributed by atoms with E-state index in [1.54, 1.807) is 7.11 Å². The summed E-state index contributed by atoms with van der Waals surface area (Å²) < 4.78 is 11.5. The van der Waals surface area contributed by atoms with Crippen molar-refractivity contribution in [2.24, 2.45) is 0 Å². The zero-order chi connectivity index (χ0) is 11.9. The van der Waals surface area contributed by atoms with E-state index >= 15 is 0 Å². The summed E-state index contributed by atoms with van der Waals surface area (Å²) in [7, 11) is 3.69. The van der Waals surface area contributed by atoms with Gasteiger partial charge in [-0.1, -0.05) is 12.1 Å². The van der Waals surface area contributed by atoms with Crippen LogP contribution in [0.4, 0.5) is 0 Å². The van der Waals surface area contributed by atoms with Gasteiger partial charge in [0.25, 0.3) is 0 Å². The molecule has 0 saturated heterocycles. The summed E-state index contributed by atoms with van der Waals surface area (Å²) in [4.78, 5) is 0. The van der Waals surface area contributed by atoms with Gasteiger partial charge in [-0.15, -0.1) is 0 Å². The van der Waals surface area contributed by atoms with E-state index in [9.17, 15) is 0 Å². The zero-order valence-corrected chi connectivity index (χ0v) is 10.5. The van der Waals surface area contributed by atoms with Crippen LogP contribution in [0.25, 0.3) is 0 Å². The van der Waals surface area contributed by atoms with E-state index in [0.717, 1.165) is 18.9 Å². The second-order valence-corrected chi connectivity index (χ2v) is 5.06. The molecular weight excluding hydrogens is 214 g/mol. The molecule has 92 valence electrons. The average molecular weight is 233 g/mol. The average Bonchev–Trinajstić information content (AvgIpc) is 3.14. The Morgan fingerprint density at radius 1 is 1.47 bits per heavy atom. The first-order valence-corrected chi connectivity index (χ1v) is 6.24. The van der Waals surface area contributed by atoms with Crippen LogP contribution in [0.1, 0.15) is 30.1 Å². The lowest BCUT2D eigenvalue weighted by Gasteiger charge is -2.33. The Balaban J connectivity index is 2.08. The Labute approximate surface area is 102 Å². The van der Waals surface area contributed by atoms with Crippen LogP contribution in [0, 0.1) is 0 Å². The maximum absolute atomic E-state index is 6.02. The number of benzene rings is 1. The topological polar surface area (TPSA) is 30.5 Å². The smallest absolute Gasteiger partial charge is 0.125 e. The number of fused-ring (bicyclic) bond motifs is 2. The van der Waals surface area contributed by atoms with Crippen LogP contribution in [0.5, 0.6) is 5.75 Å². The fourth-order valence-corrected chi connectivity index (χ4v) is 2.85. The fourth-order valence-electron chi connectivity index (χ4n) is 2.85. The Kier molecular flexibility index (Phi) is 2.60. The molecule has 1 unspecified atom stereocenters. The van der Waals surface area contributed by atoms with Crippen molar-refractivity contribution in [2.75, 3.05) is 27.3 Å². The van der Waals surface area contributed by atoms with Crippen LogP contribution in [0.3, 0.4) is 0 Å². The lowest BCUT2D eigenvalue weighted by atomic mass is 9.86. The molecule has 1 aromatic carbocycles. The fraction of sp³-hybridized carbons (Fsp3) is 0.571. The minimum absolute atomic E-state index is 0.123. The van der Waals surface area contributed by atoms with Crippen molar-refractivity contribution in [1.29, 1.82) is 0 Å². The molecule has 3 rings (SSSR count). The number of hydrogen-bond acceptors (Lipinski definition) is 3. The molecule has 1 N–H and O–H groups in total. The van der Waals surface area contributed by atoms with Gasteiger partial charge in [0, 0.05) is 17.5 Å². The van der Waals surface area contributed by atoms with Crippen molar-refractivity contribution >= 4 is 0 Å². The summed E-state index contributed by atoms with van der Waals surface area (Å²) in [6.45, 7) is 1.70. The van der Waals surface area contributed by atoms with Gasteiger partial charge in [-0.05, 0) is 31.5 Å². The normalized spacial score (nSPS) is 24.5. The summed E-state index contributed by atoms with van der Waals surface area (Å²) in [5.41, 5.74) is 3.00. The highest BCUT2D eigenvalue weighted by Gasteiger charge is 2.50. The summed E-state index contributed by atoms with van der Waals surface area (Å²) in [5, 5.41) is 3.20. The van der Waals surface area contributed by atoms with Crippen molar-refractivity contribution in [1.82, 2.24) is 5.32 Å².